The molecule has 18 heavy (non-hydrogen) atoms. The molecule has 0 spiro atoms. The normalized spacial score (nSPS) is 25.3. The van der Waals surface area contributed by atoms with E-state index in [0.29, 0.717) is 24.1 Å². The molecule has 0 bridgehead atoms. The Labute approximate surface area is 107 Å². The van der Waals surface area contributed by atoms with Gasteiger partial charge in [-0.15, -0.1) is 0 Å². The summed E-state index contributed by atoms with van der Waals surface area (Å²) in [5.74, 6) is 0.864. The zero-order valence-electron chi connectivity index (χ0n) is 10.9. The van der Waals surface area contributed by atoms with E-state index in [-0.39, 0.29) is 5.91 Å². The highest BCUT2D eigenvalue weighted by Gasteiger charge is 2.43. The Morgan fingerprint density at radius 3 is 2.83 bits per heavy atom. The predicted molar refractivity (Wildman–Crippen MR) is 70.0 cm³/mol. The maximum Gasteiger partial charge on any atom is 0.258 e. The van der Waals surface area contributed by atoms with E-state index in [2.05, 4.69) is 34.5 Å². The van der Waals surface area contributed by atoms with E-state index < -0.39 is 5.54 Å². The van der Waals surface area contributed by atoms with E-state index in [1.807, 2.05) is 25.1 Å². The molecule has 2 rings (SSSR count). The van der Waals surface area contributed by atoms with Gasteiger partial charge in [0.25, 0.3) is 5.91 Å². The van der Waals surface area contributed by atoms with Crippen LogP contribution in [0.4, 0.5) is 0 Å². The summed E-state index contributed by atoms with van der Waals surface area (Å²) in [6.45, 7) is 6.65. The molecule has 1 saturated heterocycles. The van der Waals surface area contributed by atoms with E-state index in [4.69, 9.17) is 0 Å². The summed E-state index contributed by atoms with van der Waals surface area (Å²) in [6, 6.07) is 5.53. The first-order valence-electron chi connectivity index (χ1n) is 6.08. The van der Waals surface area contributed by atoms with Crippen molar-refractivity contribution in [3.05, 3.63) is 30.1 Å². The van der Waals surface area contributed by atoms with Crippen LogP contribution < -0.4 is 10.6 Å². The molecular formula is C13H18N4O. The summed E-state index contributed by atoms with van der Waals surface area (Å²) in [7, 11) is 0. The smallest absolute Gasteiger partial charge is 0.258 e. The molecule has 2 N–H and O–H groups in total. The van der Waals surface area contributed by atoms with Crippen LogP contribution in [0.5, 0.6) is 0 Å². The minimum absolute atomic E-state index is 0.122. The molecule has 5 heteroatoms. The first kappa shape index (κ1) is 12.5. The molecule has 0 aliphatic carbocycles. The quantitative estimate of drug-likeness (QED) is 0.837. The Hall–Kier alpha value is -1.91. The molecule has 0 radical (unpaired) electrons. The number of nitrogens with one attached hydrogen (secondary N) is 2. The average Bonchev–Trinajstić information content (AvgIpc) is 2.65. The number of rotatable bonds is 3. The largest absolute Gasteiger partial charge is 0.337 e. The second kappa shape index (κ2) is 4.76. The lowest BCUT2D eigenvalue weighted by Gasteiger charge is -2.19. The Balaban J connectivity index is 2.21. The number of nitrogens with zero attached hydrogens (tertiary/aromatic N) is 2. The van der Waals surface area contributed by atoms with Crippen LogP contribution in [0.2, 0.25) is 0 Å². The second-order valence-corrected chi connectivity index (χ2v) is 5.00. The molecule has 1 aliphatic heterocycles. The predicted octanol–water partition coefficient (Wildman–Crippen LogP) is 1.03. The summed E-state index contributed by atoms with van der Waals surface area (Å²) >= 11 is 0. The Morgan fingerprint density at radius 1 is 1.44 bits per heavy atom. The minimum Gasteiger partial charge on any atom is -0.337 e. The third kappa shape index (κ3) is 2.34. The summed E-state index contributed by atoms with van der Waals surface area (Å²) in [5.41, 5.74) is -0.144. The molecule has 1 aromatic rings. The standard InChI is InChI=1S/C13H18N4O/c1-9(2)8-15-12-16-11(18)13(3,17-12)10-6-4-5-7-14-10/h4-7,9H,8H2,1-3H3,(H2,15,16,17,18). The Kier molecular flexibility index (Phi) is 3.32. The fraction of sp³-hybridized carbons (Fsp3) is 0.462. The lowest BCUT2D eigenvalue weighted by molar-refractivity contribution is -0.123. The van der Waals surface area contributed by atoms with Crippen molar-refractivity contribution in [1.82, 2.24) is 15.6 Å². The van der Waals surface area contributed by atoms with Gasteiger partial charge in [-0.2, -0.15) is 0 Å². The van der Waals surface area contributed by atoms with Gasteiger partial charge < -0.3 is 5.32 Å². The van der Waals surface area contributed by atoms with Crippen molar-refractivity contribution in [3.63, 3.8) is 0 Å². The zero-order valence-corrected chi connectivity index (χ0v) is 10.9. The van der Waals surface area contributed by atoms with Gasteiger partial charge in [-0.05, 0) is 25.0 Å². The van der Waals surface area contributed by atoms with Crippen molar-refractivity contribution in [3.8, 4) is 0 Å². The highest BCUT2D eigenvalue weighted by atomic mass is 16.2. The van der Waals surface area contributed by atoms with Crippen molar-refractivity contribution < 1.29 is 4.79 Å². The topological polar surface area (TPSA) is 66.4 Å². The van der Waals surface area contributed by atoms with Crippen molar-refractivity contribution in [2.24, 2.45) is 10.9 Å². The molecule has 96 valence electrons. The molecular weight excluding hydrogens is 228 g/mol. The molecule has 1 unspecified atom stereocenters. The summed E-state index contributed by atoms with van der Waals surface area (Å²) in [5, 5.41) is 5.87. The van der Waals surface area contributed by atoms with Crippen LogP contribution in [-0.2, 0) is 10.3 Å². The molecule has 0 aromatic carbocycles. The Bertz CT molecular complexity index is 469. The van der Waals surface area contributed by atoms with Crippen molar-refractivity contribution >= 4 is 11.9 Å². The van der Waals surface area contributed by atoms with Crippen LogP contribution in [0.15, 0.2) is 29.4 Å². The molecule has 0 saturated carbocycles. The number of aromatic nitrogens is 1. The first-order valence-corrected chi connectivity index (χ1v) is 6.08. The highest BCUT2D eigenvalue weighted by Crippen LogP contribution is 2.21. The fourth-order valence-corrected chi connectivity index (χ4v) is 1.75. The average molecular weight is 246 g/mol. The number of hydrogen-bond donors (Lipinski definition) is 2. The summed E-state index contributed by atoms with van der Waals surface area (Å²) < 4.78 is 0. The number of pyridine rings is 1. The van der Waals surface area contributed by atoms with Gasteiger partial charge in [0.15, 0.2) is 11.5 Å². The van der Waals surface area contributed by atoms with Crippen molar-refractivity contribution in [2.75, 3.05) is 6.54 Å². The molecule has 1 aromatic heterocycles. The van der Waals surface area contributed by atoms with E-state index in [1.54, 1.807) is 6.20 Å². The van der Waals surface area contributed by atoms with Gasteiger partial charge in [0.05, 0.1) is 5.69 Å². The Morgan fingerprint density at radius 2 is 2.22 bits per heavy atom. The molecule has 1 amide bonds. The summed E-state index contributed by atoms with van der Waals surface area (Å²) in [6.07, 6.45) is 1.68. The van der Waals surface area contributed by atoms with Gasteiger partial charge in [0.2, 0.25) is 0 Å². The summed E-state index contributed by atoms with van der Waals surface area (Å²) in [4.78, 5) is 20.6. The number of hydrogen-bond acceptors (Lipinski definition) is 3. The molecule has 1 atom stereocenters. The number of carbonyl (C=O) groups excluding carboxylic acids is 1. The van der Waals surface area contributed by atoms with Crippen LogP contribution in [0.3, 0.4) is 0 Å². The van der Waals surface area contributed by atoms with Crippen LogP contribution >= 0.6 is 0 Å². The van der Waals surface area contributed by atoms with E-state index in [0.717, 1.165) is 0 Å². The van der Waals surface area contributed by atoms with E-state index in [9.17, 15) is 4.79 Å². The van der Waals surface area contributed by atoms with Crippen LogP contribution in [0, 0.1) is 5.92 Å². The number of amides is 1. The van der Waals surface area contributed by atoms with Gasteiger partial charge in [0.1, 0.15) is 0 Å². The van der Waals surface area contributed by atoms with Gasteiger partial charge in [-0.3, -0.25) is 20.1 Å². The number of guanidine groups is 1. The van der Waals surface area contributed by atoms with Gasteiger partial charge >= 0.3 is 0 Å². The van der Waals surface area contributed by atoms with Crippen LogP contribution in [0.1, 0.15) is 26.5 Å². The lowest BCUT2D eigenvalue weighted by atomic mass is 9.98. The van der Waals surface area contributed by atoms with E-state index >= 15 is 0 Å². The van der Waals surface area contributed by atoms with Gasteiger partial charge in [-0.1, -0.05) is 19.9 Å². The van der Waals surface area contributed by atoms with Crippen molar-refractivity contribution in [1.29, 1.82) is 0 Å². The number of carbonyl (C=O) groups is 1. The SMILES string of the molecule is CC(C)CN=C1NC(=O)C(C)(c2ccccn2)N1. The van der Waals surface area contributed by atoms with Crippen LogP contribution in [-0.4, -0.2) is 23.4 Å². The number of aliphatic imine (C=N–C) groups is 1. The molecule has 2 heterocycles. The minimum atomic E-state index is -0.836. The highest BCUT2D eigenvalue weighted by molar-refractivity contribution is 6.08. The fourth-order valence-electron chi connectivity index (χ4n) is 1.75. The third-order valence-corrected chi connectivity index (χ3v) is 2.85. The molecule has 1 fully saturated rings. The monoisotopic (exact) mass is 246 g/mol. The third-order valence-electron chi connectivity index (χ3n) is 2.85. The van der Waals surface area contributed by atoms with Crippen LogP contribution in [0.25, 0.3) is 0 Å². The molecule has 1 aliphatic rings. The van der Waals surface area contributed by atoms with Gasteiger partial charge in [0, 0.05) is 12.7 Å². The van der Waals surface area contributed by atoms with E-state index in [1.165, 1.54) is 0 Å². The van der Waals surface area contributed by atoms with Crippen molar-refractivity contribution in [2.45, 2.75) is 26.3 Å². The second-order valence-electron chi connectivity index (χ2n) is 5.00. The molecule has 5 nitrogen and oxygen atoms in total. The lowest BCUT2D eigenvalue weighted by Crippen LogP contribution is -2.41. The maximum atomic E-state index is 12.1. The first-order chi connectivity index (χ1) is 8.52. The maximum absolute atomic E-state index is 12.1. The zero-order chi connectivity index (χ0) is 13.2. The van der Waals surface area contributed by atoms with Gasteiger partial charge in [-0.25, -0.2) is 0 Å².